The SMILES string of the molecule is O=[Si].[O]=[Bi]. The molecule has 2 nitrogen and oxygen atoms in total. The molecule has 0 rings (SSSR count). The van der Waals surface area contributed by atoms with Crippen LogP contribution in [0.3, 0.4) is 0 Å². The summed E-state index contributed by atoms with van der Waals surface area (Å²) in [5.41, 5.74) is 0. The van der Waals surface area contributed by atoms with E-state index in [9.17, 15) is 0 Å². The minimum atomic E-state index is 0.194. The molecule has 4 heteroatoms. The molecule has 0 aromatic carbocycles. The average Bonchev–Trinajstić information content (AvgIpc) is 1.50. The van der Waals surface area contributed by atoms with Crippen LogP contribution in [0.5, 0.6) is 0 Å². The molecule has 0 fully saturated rings. The van der Waals surface area contributed by atoms with Crippen molar-refractivity contribution >= 4 is 34.9 Å². The fraction of sp³-hybridized carbons (Fsp3) is 0. The molecule has 0 atom stereocenters. The zero-order chi connectivity index (χ0) is 4.00. The quantitative estimate of drug-likeness (QED) is 0.529. The second-order valence-electron chi connectivity index (χ2n) is 0. The molecule has 0 saturated heterocycles. The molecule has 0 spiro atoms. The average molecular weight is 269 g/mol. The Balaban J connectivity index is 0. The molecule has 0 aromatic heterocycles. The van der Waals surface area contributed by atoms with Crippen LogP contribution < -0.4 is 0 Å². The molecule has 4 heavy (non-hydrogen) atoms. The van der Waals surface area contributed by atoms with Crippen molar-refractivity contribution in [2.24, 2.45) is 0 Å². The Morgan fingerprint density at radius 1 is 1.25 bits per heavy atom. The van der Waals surface area contributed by atoms with Crippen LogP contribution in [-0.2, 0) is 7.27 Å². The van der Waals surface area contributed by atoms with E-state index in [2.05, 4.69) is 0 Å². The van der Waals surface area contributed by atoms with E-state index < -0.39 is 0 Å². The van der Waals surface area contributed by atoms with E-state index in [1.165, 1.54) is 0 Å². The molecule has 0 unspecified atom stereocenters. The molecule has 0 aliphatic rings. The minimum absolute atomic E-state index is 0.194. The van der Waals surface area contributed by atoms with Crippen LogP contribution in [0.25, 0.3) is 0 Å². The molecule has 0 aromatic rings. The molecule has 0 amide bonds. The van der Waals surface area contributed by atoms with Gasteiger partial charge in [0, 0.05) is 0 Å². The Kier molecular flexibility index (Phi) is 121. The second-order valence-corrected chi connectivity index (χ2v) is 0. The van der Waals surface area contributed by atoms with Gasteiger partial charge in [0.25, 0.3) is 0 Å². The van der Waals surface area contributed by atoms with Crippen LogP contribution in [0.2, 0.25) is 0 Å². The molecular formula is BiO2Si. The van der Waals surface area contributed by atoms with Crippen molar-refractivity contribution in [3.05, 3.63) is 0 Å². The van der Waals surface area contributed by atoms with Gasteiger partial charge in [0.1, 0.15) is 0 Å². The van der Waals surface area contributed by atoms with Crippen molar-refractivity contribution in [3.8, 4) is 0 Å². The molecule has 3 radical (unpaired) electrons. The van der Waals surface area contributed by atoms with E-state index in [0.717, 1.165) is 0 Å². The van der Waals surface area contributed by atoms with Gasteiger partial charge >= 0.3 is 37.7 Å². The molecule has 0 aliphatic heterocycles. The first-order valence-electron chi connectivity index (χ1n) is 0.387. The van der Waals surface area contributed by atoms with Crippen LogP contribution in [0.4, 0.5) is 0 Å². The fourth-order valence-corrected chi connectivity index (χ4v) is 0. The zero-order valence-corrected chi connectivity index (χ0v) is 6.24. The van der Waals surface area contributed by atoms with Gasteiger partial charge in [-0.05, 0) is 0 Å². The summed E-state index contributed by atoms with van der Waals surface area (Å²) in [6, 6.07) is 0. The standard InChI is InChI=1S/Bi.OSi.O/c;1-2;. The van der Waals surface area contributed by atoms with Gasteiger partial charge in [-0.15, -0.1) is 0 Å². The van der Waals surface area contributed by atoms with Crippen molar-refractivity contribution in [2.45, 2.75) is 0 Å². The molecule has 0 N–H and O–H groups in total. The number of hydrogen-bond donors (Lipinski definition) is 0. The Morgan fingerprint density at radius 3 is 1.25 bits per heavy atom. The van der Waals surface area contributed by atoms with E-state index in [4.69, 9.17) is 7.27 Å². The van der Waals surface area contributed by atoms with Gasteiger partial charge in [-0.25, -0.2) is 0 Å². The van der Waals surface area contributed by atoms with Crippen molar-refractivity contribution < 1.29 is 7.27 Å². The summed E-state index contributed by atoms with van der Waals surface area (Å²) in [6.07, 6.45) is 0. The first-order chi connectivity index (χ1) is 2.00. The van der Waals surface area contributed by atoms with Gasteiger partial charge < -0.3 is 4.46 Å². The Morgan fingerprint density at radius 2 is 1.25 bits per heavy atom. The van der Waals surface area contributed by atoms with E-state index in [0.29, 0.717) is 0 Å². The molecule has 21 valence electrons. The summed E-state index contributed by atoms with van der Waals surface area (Å²) in [7, 11) is 1.72. The third-order valence-electron chi connectivity index (χ3n) is 0. The van der Waals surface area contributed by atoms with Crippen molar-refractivity contribution in [2.75, 3.05) is 0 Å². The molecule has 0 heterocycles. The molecule has 0 aliphatic carbocycles. The number of hydrogen-bond acceptors (Lipinski definition) is 2. The predicted molar refractivity (Wildman–Crippen MR) is 12.9 cm³/mol. The monoisotopic (exact) mass is 269 g/mol. The van der Waals surface area contributed by atoms with Crippen LogP contribution in [-0.4, -0.2) is 34.9 Å². The first kappa shape index (κ1) is 8.83. The fourth-order valence-electron chi connectivity index (χ4n) is 0. The summed E-state index contributed by atoms with van der Waals surface area (Å²) in [6.45, 7) is 0. The Hall–Kier alpha value is 0.700. The zero-order valence-electron chi connectivity index (χ0n) is 1.76. The van der Waals surface area contributed by atoms with Gasteiger partial charge in [0.05, 0.1) is 0 Å². The summed E-state index contributed by atoms with van der Waals surface area (Å²) in [5.74, 6) is 0. The third-order valence-corrected chi connectivity index (χ3v) is 0. The molecule has 0 saturated carbocycles. The van der Waals surface area contributed by atoms with Crippen LogP contribution in [0, 0.1) is 0 Å². The van der Waals surface area contributed by atoms with Crippen molar-refractivity contribution in [3.63, 3.8) is 0 Å². The Bertz CT molecular complexity index is 8.00. The molecular weight excluding hydrogens is 269 g/mol. The van der Waals surface area contributed by atoms with E-state index in [1.54, 1.807) is 10.1 Å². The Labute approximate surface area is 42.4 Å². The van der Waals surface area contributed by atoms with Crippen molar-refractivity contribution in [1.82, 2.24) is 0 Å². The summed E-state index contributed by atoms with van der Waals surface area (Å²) in [5, 5.41) is 0. The summed E-state index contributed by atoms with van der Waals surface area (Å²) >= 11 is 0.194. The molecule has 0 bridgehead atoms. The van der Waals surface area contributed by atoms with Gasteiger partial charge in [-0.1, -0.05) is 0 Å². The van der Waals surface area contributed by atoms with Gasteiger partial charge in [0.2, 0.25) is 0 Å². The third kappa shape index (κ3) is 15.9. The van der Waals surface area contributed by atoms with E-state index in [-0.39, 0.29) is 24.7 Å². The van der Waals surface area contributed by atoms with Crippen LogP contribution in [0.1, 0.15) is 0 Å². The second kappa shape index (κ2) is 55.0. The van der Waals surface area contributed by atoms with Crippen LogP contribution in [0.15, 0.2) is 0 Å². The van der Waals surface area contributed by atoms with Crippen LogP contribution >= 0.6 is 0 Å². The summed E-state index contributed by atoms with van der Waals surface area (Å²) < 4.78 is 16.4. The predicted octanol–water partition coefficient (Wildman–Crippen LogP) is -0.999. The maximum atomic E-state index is 8.36. The van der Waals surface area contributed by atoms with Gasteiger partial charge in [-0.2, -0.15) is 0 Å². The van der Waals surface area contributed by atoms with Gasteiger partial charge in [0.15, 0.2) is 0 Å². The topological polar surface area (TPSA) is 34.1 Å². The number of rotatable bonds is 0. The normalized spacial score (nSPS) is 2.00. The first-order valence-corrected chi connectivity index (χ1v) is 2.21. The summed E-state index contributed by atoms with van der Waals surface area (Å²) in [4.78, 5) is 0. The van der Waals surface area contributed by atoms with E-state index >= 15 is 0 Å². The van der Waals surface area contributed by atoms with E-state index in [1.807, 2.05) is 0 Å². The maximum absolute atomic E-state index is 8.36. The van der Waals surface area contributed by atoms with Gasteiger partial charge in [-0.3, -0.25) is 0 Å². The van der Waals surface area contributed by atoms with Crippen molar-refractivity contribution in [1.29, 1.82) is 0 Å².